The van der Waals surface area contributed by atoms with Gasteiger partial charge in [0, 0.05) is 15.7 Å². The van der Waals surface area contributed by atoms with E-state index < -0.39 is 6.10 Å². The predicted molar refractivity (Wildman–Crippen MR) is 91.0 cm³/mol. The topological polar surface area (TPSA) is 38.3 Å². The van der Waals surface area contributed by atoms with E-state index in [1.807, 2.05) is 19.9 Å². The predicted octanol–water partition coefficient (Wildman–Crippen LogP) is 5.10. The summed E-state index contributed by atoms with van der Waals surface area (Å²) in [5, 5.41) is 4.11. The van der Waals surface area contributed by atoms with Gasteiger partial charge in [-0.2, -0.15) is 0 Å². The number of aryl methyl sites for hydroxylation is 1. The second-order valence-corrected chi connectivity index (χ2v) is 5.77. The lowest BCUT2D eigenvalue weighted by molar-refractivity contribution is -0.122. The van der Waals surface area contributed by atoms with E-state index >= 15 is 0 Å². The second kappa shape index (κ2) is 7.52. The molecule has 0 saturated carbocycles. The first-order valence-corrected chi connectivity index (χ1v) is 7.74. The summed E-state index contributed by atoms with van der Waals surface area (Å²) >= 11 is 11.8. The Morgan fingerprint density at radius 1 is 1.18 bits per heavy atom. The minimum absolute atomic E-state index is 0.197. The third-order valence-corrected chi connectivity index (χ3v) is 3.86. The molecule has 2 aromatic carbocycles. The number of carbonyl (C=O) groups is 1. The highest BCUT2D eigenvalue weighted by Gasteiger charge is 2.18. The lowest BCUT2D eigenvalue weighted by Crippen LogP contribution is -2.32. The Kier molecular flexibility index (Phi) is 5.69. The molecule has 0 aliphatic rings. The molecule has 0 bridgehead atoms. The molecule has 22 heavy (non-hydrogen) atoms. The van der Waals surface area contributed by atoms with Gasteiger partial charge in [0.25, 0.3) is 5.91 Å². The smallest absolute Gasteiger partial charge is 0.265 e. The van der Waals surface area contributed by atoms with Crippen molar-refractivity contribution in [2.75, 3.05) is 5.32 Å². The van der Waals surface area contributed by atoms with Crippen LogP contribution < -0.4 is 10.1 Å². The third-order valence-electron chi connectivity index (χ3n) is 3.18. The van der Waals surface area contributed by atoms with Gasteiger partial charge in [-0.1, -0.05) is 30.1 Å². The van der Waals surface area contributed by atoms with Gasteiger partial charge in [0.2, 0.25) is 0 Å². The zero-order chi connectivity index (χ0) is 16.1. The van der Waals surface area contributed by atoms with E-state index in [1.165, 1.54) is 0 Å². The molecule has 1 atom stereocenters. The largest absolute Gasteiger partial charge is 0.481 e. The molecule has 2 rings (SSSR count). The van der Waals surface area contributed by atoms with E-state index in [1.54, 1.807) is 36.4 Å². The van der Waals surface area contributed by atoms with E-state index in [0.717, 1.165) is 5.56 Å². The summed E-state index contributed by atoms with van der Waals surface area (Å²) in [6, 6.07) is 12.3. The van der Waals surface area contributed by atoms with Gasteiger partial charge >= 0.3 is 0 Å². The van der Waals surface area contributed by atoms with Crippen LogP contribution in [-0.2, 0) is 4.79 Å². The number of ether oxygens (including phenoxy) is 1. The maximum absolute atomic E-state index is 12.3. The van der Waals surface area contributed by atoms with Gasteiger partial charge < -0.3 is 10.1 Å². The Morgan fingerprint density at radius 2 is 1.86 bits per heavy atom. The summed E-state index contributed by atoms with van der Waals surface area (Å²) in [5.41, 5.74) is 1.59. The highest BCUT2D eigenvalue weighted by atomic mass is 35.5. The fourth-order valence-electron chi connectivity index (χ4n) is 1.93. The van der Waals surface area contributed by atoms with Crippen LogP contribution in [0.15, 0.2) is 42.5 Å². The minimum atomic E-state index is -0.573. The molecule has 0 aliphatic carbocycles. The van der Waals surface area contributed by atoms with Crippen LogP contribution in [0.1, 0.15) is 18.9 Å². The van der Waals surface area contributed by atoms with Crippen LogP contribution in [0.2, 0.25) is 10.0 Å². The number of benzene rings is 2. The SMILES string of the molecule is CC[C@@H](Oc1ccc(Cl)c(C)c1)C(=O)Nc1ccc(Cl)cc1. The van der Waals surface area contributed by atoms with Crippen molar-refractivity contribution >= 4 is 34.8 Å². The van der Waals surface area contributed by atoms with Crippen LogP contribution in [0.5, 0.6) is 5.75 Å². The fourth-order valence-corrected chi connectivity index (χ4v) is 2.18. The summed E-state index contributed by atoms with van der Waals surface area (Å²) < 4.78 is 5.76. The number of halogens is 2. The van der Waals surface area contributed by atoms with Crippen LogP contribution in [0.4, 0.5) is 5.69 Å². The quantitative estimate of drug-likeness (QED) is 0.824. The zero-order valence-corrected chi connectivity index (χ0v) is 13.9. The van der Waals surface area contributed by atoms with E-state index in [0.29, 0.717) is 27.9 Å². The molecule has 1 N–H and O–H groups in total. The summed E-state index contributed by atoms with van der Waals surface area (Å²) in [7, 11) is 0. The molecule has 5 heteroatoms. The van der Waals surface area contributed by atoms with Crippen molar-refractivity contribution < 1.29 is 9.53 Å². The van der Waals surface area contributed by atoms with E-state index in [9.17, 15) is 4.79 Å². The number of hydrogen-bond acceptors (Lipinski definition) is 2. The fraction of sp³-hybridized carbons (Fsp3) is 0.235. The van der Waals surface area contributed by atoms with E-state index in [-0.39, 0.29) is 5.91 Å². The van der Waals surface area contributed by atoms with Gasteiger partial charge in [-0.3, -0.25) is 4.79 Å². The number of anilines is 1. The van der Waals surface area contributed by atoms with Gasteiger partial charge in [0.05, 0.1) is 0 Å². The highest BCUT2D eigenvalue weighted by Crippen LogP contribution is 2.23. The maximum atomic E-state index is 12.3. The van der Waals surface area contributed by atoms with Gasteiger partial charge in [-0.25, -0.2) is 0 Å². The third kappa shape index (κ3) is 4.39. The van der Waals surface area contributed by atoms with Crippen molar-refractivity contribution in [3.63, 3.8) is 0 Å². The Labute approximate surface area is 140 Å². The van der Waals surface area contributed by atoms with Gasteiger partial charge in [0.15, 0.2) is 6.10 Å². The van der Waals surface area contributed by atoms with Crippen LogP contribution >= 0.6 is 23.2 Å². The first-order chi connectivity index (χ1) is 10.5. The number of hydrogen-bond donors (Lipinski definition) is 1. The van der Waals surface area contributed by atoms with E-state index in [4.69, 9.17) is 27.9 Å². The average Bonchev–Trinajstić information content (AvgIpc) is 2.50. The van der Waals surface area contributed by atoms with Crippen LogP contribution in [0.3, 0.4) is 0 Å². The zero-order valence-electron chi connectivity index (χ0n) is 12.4. The Balaban J connectivity index is 2.05. The van der Waals surface area contributed by atoms with Crippen LogP contribution in [0.25, 0.3) is 0 Å². The van der Waals surface area contributed by atoms with Crippen molar-refractivity contribution in [1.82, 2.24) is 0 Å². The molecule has 0 fully saturated rings. The van der Waals surface area contributed by atoms with Crippen molar-refractivity contribution in [1.29, 1.82) is 0 Å². The van der Waals surface area contributed by atoms with Crippen molar-refractivity contribution in [2.45, 2.75) is 26.4 Å². The Morgan fingerprint density at radius 3 is 2.45 bits per heavy atom. The minimum Gasteiger partial charge on any atom is -0.481 e. The number of amides is 1. The van der Waals surface area contributed by atoms with E-state index in [2.05, 4.69) is 5.32 Å². The highest BCUT2D eigenvalue weighted by molar-refractivity contribution is 6.31. The maximum Gasteiger partial charge on any atom is 0.265 e. The molecular weight excluding hydrogens is 321 g/mol. The molecular formula is C17H17Cl2NO2. The number of rotatable bonds is 5. The lowest BCUT2D eigenvalue weighted by atomic mass is 10.2. The summed E-state index contributed by atoms with van der Waals surface area (Å²) in [6.07, 6.45) is -0.0163. The number of nitrogens with one attached hydrogen (secondary N) is 1. The van der Waals surface area contributed by atoms with Crippen LogP contribution in [-0.4, -0.2) is 12.0 Å². The standard InChI is InChI=1S/C17H17Cl2NO2/c1-3-16(22-14-8-9-15(19)11(2)10-14)17(21)20-13-6-4-12(18)5-7-13/h4-10,16H,3H2,1-2H3,(H,20,21)/t16-/m1/s1. The molecule has 0 heterocycles. The molecule has 0 aromatic heterocycles. The monoisotopic (exact) mass is 337 g/mol. The van der Waals surface area contributed by atoms with Crippen molar-refractivity contribution in [3.8, 4) is 5.75 Å². The molecule has 3 nitrogen and oxygen atoms in total. The molecule has 2 aromatic rings. The molecule has 1 amide bonds. The average molecular weight is 338 g/mol. The van der Waals surface area contributed by atoms with Gasteiger partial charge in [-0.15, -0.1) is 0 Å². The van der Waals surface area contributed by atoms with Crippen LogP contribution in [0, 0.1) is 6.92 Å². The lowest BCUT2D eigenvalue weighted by Gasteiger charge is -2.18. The molecule has 116 valence electrons. The van der Waals surface area contributed by atoms with Crippen molar-refractivity contribution in [2.24, 2.45) is 0 Å². The molecule has 0 saturated heterocycles. The Hall–Kier alpha value is -1.71. The molecule has 0 spiro atoms. The Bertz CT molecular complexity index is 656. The summed E-state index contributed by atoms with van der Waals surface area (Å²) in [4.78, 5) is 12.3. The summed E-state index contributed by atoms with van der Waals surface area (Å²) in [6.45, 7) is 3.79. The molecule has 0 aliphatic heterocycles. The molecule has 0 unspecified atom stereocenters. The normalized spacial score (nSPS) is 11.8. The van der Waals surface area contributed by atoms with Gasteiger partial charge in [-0.05, 0) is 61.4 Å². The summed E-state index contributed by atoms with van der Waals surface area (Å²) in [5.74, 6) is 0.428. The van der Waals surface area contributed by atoms with Gasteiger partial charge in [0.1, 0.15) is 5.75 Å². The number of carbonyl (C=O) groups excluding carboxylic acids is 1. The molecule has 0 radical (unpaired) electrons. The second-order valence-electron chi connectivity index (χ2n) is 4.92. The first-order valence-electron chi connectivity index (χ1n) is 6.99. The van der Waals surface area contributed by atoms with Crippen molar-refractivity contribution in [3.05, 3.63) is 58.1 Å². The first kappa shape index (κ1) is 16.7.